The van der Waals surface area contributed by atoms with Gasteiger partial charge in [0.25, 0.3) is 0 Å². The van der Waals surface area contributed by atoms with E-state index in [1.165, 1.54) is 25.1 Å². The van der Waals surface area contributed by atoms with Crippen LogP contribution in [-0.4, -0.2) is 44.2 Å². The van der Waals surface area contributed by atoms with Gasteiger partial charge in [0.15, 0.2) is 23.3 Å². The molecular formula is C20H19NO7. The highest BCUT2D eigenvalue weighted by Gasteiger charge is 2.60. The Morgan fingerprint density at radius 2 is 1.89 bits per heavy atom. The van der Waals surface area contributed by atoms with Crippen LogP contribution in [0.25, 0.3) is 0 Å². The Bertz CT molecular complexity index is 992. The minimum atomic E-state index is -2.22. The lowest BCUT2D eigenvalue weighted by Gasteiger charge is -2.49. The van der Waals surface area contributed by atoms with E-state index in [9.17, 15) is 34.5 Å². The molecule has 3 aliphatic carbocycles. The average molecular weight is 385 g/mol. The third kappa shape index (κ3) is 2.18. The Labute approximate surface area is 159 Å². The van der Waals surface area contributed by atoms with Crippen molar-refractivity contribution in [2.24, 2.45) is 23.5 Å². The first-order valence-corrected chi connectivity index (χ1v) is 8.91. The zero-order chi connectivity index (χ0) is 20.6. The van der Waals surface area contributed by atoms with E-state index in [-0.39, 0.29) is 35.3 Å². The molecule has 0 spiro atoms. The second-order valence-electron chi connectivity index (χ2n) is 7.96. The van der Waals surface area contributed by atoms with Gasteiger partial charge in [-0.1, -0.05) is 12.1 Å². The fourth-order valence-electron chi connectivity index (χ4n) is 4.87. The fourth-order valence-corrected chi connectivity index (χ4v) is 4.87. The van der Waals surface area contributed by atoms with Gasteiger partial charge in [0.05, 0.1) is 11.2 Å². The molecular weight excluding hydrogens is 366 g/mol. The van der Waals surface area contributed by atoms with Gasteiger partial charge < -0.3 is 21.1 Å². The summed E-state index contributed by atoms with van der Waals surface area (Å²) < 4.78 is 0. The third-order valence-corrected chi connectivity index (χ3v) is 6.36. The summed E-state index contributed by atoms with van der Waals surface area (Å²) in [5, 5.41) is 32.4. The molecule has 0 saturated heterocycles. The van der Waals surface area contributed by atoms with Crippen LogP contribution < -0.4 is 5.73 Å². The number of carbonyl (C=O) groups is 4. The highest BCUT2D eigenvalue weighted by atomic mass is 16.3. The number of aliphatic hydroxyl groups is 2. The smallest absolute Gasteiger partial charge is 0.235 e. The van der Waals surface area contributed by atoms with Crippen molar-refractivity contribution in [3.63, 3.8) is 0 Å². The number of ketones is 3. The number of hydrogen-bond donors (Lipinski definition) is 4. The number of phenolic OH excluding ortho intramolecular Hbond substituents is 1. The highest BCUT2D eigenvalue weighted by molar-refractivity contribution is 6.23. The van der Waals surface area contributed by atoms with Crippen LogP contribution >= 0.6 is 0 Å². The third-order valence-electron chi connectivity index (χ3n) is 6.36. The van der Waals surface area contributed by atoms with Gasteiger partial charge in [-0.2, -0.15) is 0 Å². The lowest BCUT2D eigenvalue weighted by Crippen LogP contribution is -2.61. The van der Waals surface area contributed by atoms with Crippen LogP contribution in [0, 0.1) is 17.8 Å². The van der Waals surface area contributed by atoms with Gasteiger partial charge in [0.1, 0.15) is 11.4 Å². The lowest BCUT2D eigenvalue weighted by molar-refractivity contribution is -0.159. The number of Topliss-reactive ketones (excluding diaryl/α,β-unsaturated/α-hetero) is 3. The van der Waals surface area contributed by atoms with Crippen LogP contribution in [0.3, 0.4) is 0 Å². The number of carbonyl (C=O) groups excluding carboxylic acids is 4. The minimum absolute atomic E-state index is 0.0148. The first kappa shape index (κ1) is 18.5. The second-order valence-corrected chi connectivity index (χ2v) is 7.96. The van der Waals surface area contributed by atoms with Crippen molar-refractivity contribution < 1.29 is 34.5 Å². The Hall–Kier alpha value is -2.84. The summed E-state index contributed by atoms with van der Waals surface area (Å²) in [6.07, 6.45) is 0.759. The van der Waals surface area contributed by atoms with E-state index < -0.39 is 52.2 Å². The summed E-state index contributed by atoms with van der Waals surface area (Å²) in [7, 11) is 0. The minimum Gasteiger partial charge on any atom is -0.507 e. The molecule has 8 nitrogen and oxygen atoms in total. The molecule has 0 aromatic heterocycles. The van der Waals surface area contributed by atoms with E-state index in [1.807, 2.05) is 0 Å². The van der Waals surface area contributed by atoms with Crippen LogP contribution in [0.5, 0.6) is 5.75 Å². The van der Waals surface area contributed by atoms with Crippen LogP contribution in [0.1, 0.15) is 35.7 Å². The lowest BCUT2D eigenvalue weighted by atomic mass is 9.56. The summed E-state index contributed by atoms with van der Waals surface area (Å²) in [5.74, 6) is -7.26. The van der Waals surface area contributed by atoms with E-state index in [0.29, 0.717) is 0 Å². The molecule has 4 rings (SSSR count). The first-order chi connectivity index (χ1) is 13.0. The van der Waals surface area contributed by atoms with Gasteiger partial charge >= 0.3 is 0 Å². The van der Waals surface area contributed by atoms with Gasteiger partial charge in [-0.05, 0) is 31.1 Å². The monoisotopic (exact) mass is 385 g/mol. The second kappa shape index (κ2) is 5.59. The molecule has 1 aromatic carbocycles. The number of nitrogens with two attached hydrogens (primary N) is 1. The molecule has 8 heteroatoms. The maximum Gasteiger partial charge on any atom is 0.235 e. The number of aromatic hydroxyl groups is 1. The molecule has 1 saturated carbocycles. The number of rotatable bonds is 1. The van der Waals surface area contributed by atoms with E-state index in [2.05, 4.69) is 0 Å². The zero-order valence-corrected chi connectivity index (χ0v) is 15.0. The van der Waals surface area contributed by atoms with Crippen LogP contribution in [0.2, 0.25) is 0 Å². The van der Waals surface area contributed by atoms with Crippen LogP contribution in [0.4, 0.5) is 0 Å². The summed E-state index contributed by atoms with van der Waals surface area (Å²) >= 11 is 0. The highest BCUT2D eigenvalue weighted by Crippen LogP contribution is 2.53. The fraction of sp³-hybridized carbons (Fsp3) is 0.400. The molecule has 5 N–H and O–H groups in total. The van der Waals surface area contributed by atoms with Crippen molar-refractivity contribution in [1.29, 1.82) is 0 Å². The van der Waals surface area contributed by atoms with Gasteiger partial charge in [-0.15, -0.1) is 0 Å². The number of primary amides is 1. The van der Waals surface area contributed by atoms with Crippen molar-refractivity contribution in [3.05, 3.63) is 41.0 Å². The molecule has 1 amide bonds. The molecule has 1 fully saturated rings. The SMILES string of the molecule is C[C@@]1(O)c2cccc(O)c2C(=O)C2=C[C@]3(O)C(=O)C(C(N)=O)C(=O)CC3CC21. The van der Waals surface area contributed by atoms with Gasteiger partial charge in [0, 0.05) is 23.8 Å². The number of fused-ring (bicyclic) bond motifs is 3. The Morgan fingerprint density at radius 1 is 1.21 bits per heavy atom. The number of amides is 1. The van der Waals surface area contributed by atoms with Gasteiger partial charge in [0.2, 0.25) is 5.91 Å². The molecule has 146 valence electrons. The van der Waals surface area contributed by atoms with E-state index in [1.54, 1.807) is 0 Å². The number of hydrogen-bond acceptors (Lipinski definition) is 7. The molecule has 0 radical (unpaired) electrons. The van der Waals surface area contributed by atoms with Crippen LogP contribution in [0.15, 0.2) is 29.8 Å². The Balaban J connectivity index is 1.91. The van der Waals surface area contributed by atoms with Crippen molar-refractivity contribution >= 4 is 23.3 Å². The summed E-state index contributed by atoms with van der Waals surface area (Å²) in [6.45, 7) is 1.49. The van der Waals surface area contributed by atoms with Gasteiger partial charge in [-0.25, -0.2) is 0 Å². The number of phenols is 1. The standard InChI is InChI=1S/C20H19NO7/c1-19(27)10-3-2-4-12(22)14(10)16(24)9-7-20(28)8(5-11(9)19)6-13(23)15(17(20)25)18(21)26/h2-4,7-8,11,15,22,27-28H,5-6H2,1H3,(H2,21,26)/t8?,11?,15?,19-,20-/m1/s1. The predicted molar refractivity (Wildman–Crippen MR) is 94.0 cm³/mol. The average Bonchev–Trinajstić information content (AvgIpc) is 2.60. The predicted octanol–water partition coefficient (Wildman–Crippen LogP) is -0.267. The molecule has 0 heterocycles. The summed E-state index contributed by atoms with van der Waals surface area (Å²) in [4.78, 5) is 49.6. The summed E-state index contributed by atoms with van der Waals surface area (Å²) in [5.41, 5.74) is 1.50. The molecule has 0 bridgehead atoms. The Kier molecular flexibility index (Phi) is 3.70. The summed E-state index contributed by atoms with van der Waals surface area (Å²) in [6, 6.07) is 4.35. The van der Waals surface area contributed by atoms with Crippen molar-refractivity contribution in [3.8, 4) is 5.75 Å². The topological polar surface area (TPSA) is 155 Å². The van der Waals surface area contributed by atoms with Crippen molar-refractivity contribution in [1.82, 2.24) is 0 Å². The van der Waals surface area contributed by atoms with E-state index in [4.69, 9.17) is 5.73 Å². The molecule has 0 aliphatic heterocycles. The maximum atomic E-state index is 13.0. The zero-order valence-electron chi connectivity index (χ0n) is 15.0. The molecule has 5 atom stereocenters. The molecule has 3 aliphatic rings. The van der Waals surface area contributed by atoms with Crippen molar-refractivity contribution in [2.75, 3.05) is 0 Å². The van der Waals surface area contributed by atoms with E-state index >= 15 is 0 Å². The largest absolute Gasteiger partial charge is 0.507 e. The van der Waals surface area contributed by atoms with Crippen LogP contribution in [-0.2, 0) is 20.0 Å². The Morgan fingerprint density at radius 3 is 2.54 bits per heavy atom. The normalized spacial score (nSPS) is 36.9. The molecule has 3 unspecified atom stereocenters. The maximum absolute atomic E-state index is 13.0. The molecule has 1 aromatic rings. The van der Waals surface area contributed by atoms with Crippen molar-refractivity contribution in [2.45, 2.75) is 31.0 Å². The quantitative estimate of drug-likeness (QED) is 0.485. The molecule has 28 heavy (non-hydrogen) atoms. The first-order valence-electron chi connectivity index (χ1n) is 8.91. The van der Waals surface area contributed by atoms with Gasteiger partial charge in [-0.3, -0.25) is 19.2 Å². The number of benzene rings is 1. The van der Waals surface area contributed by atoms with E-state index in [0.717, 1.165) is 6.08 Å².